The standard InChI is InChI=1S/C80H54N2O2Si/c1-85(2)76-41-21-32-63-68-49-66(53-42-44-54(45-43-53)81(70-35-15-11-26-56(70)51-22-5-3-6-23-51)72-37-19-33-64-60-30-13-17-39-74(60)83-79(64)72)58-28-9-10-29-59(58)67(68)50-69(78(63)76)62-47-46-55(48-77(62)85)82(71-36-16-12-27-57(71)52-24-7-4-8-25-52)73-38-20-34-65-61-31-14-18-40-75(61)84-80(65)73/h3-50H,1-2H3. The second-order valence-corrected chi connectivity index (χ2v) is 27.4. The van der Waals surface area contributed by atoms with E-state index in [0.29, 0.717) is 0 Å². The minimum atomic E-state index is -2.41. The number of hydrogen-bond donors (Lipinski definition) is 0. The molecule has 5 heteroatoms. The number of benzene rings is 14. The van der Waals surface area contributed by atoms with E-state index in [2.05, 4.69) is 308 Å². The molecule has 0 bridgehead atoms. The lowest BCUT2D eigenvalue weighted by Crippen LogP contribution is -2.56. The summed E-state index contributed by atoms with van der Waals surface area (Å²) in [6.07, 6.45) is 0. The zero-order valence-corrected chi connectivity index (χ0v) is 47.9. The largest absolute Gasteiger partial charge is 0.454 e. The van der Waals surface area contributed by atoms with Gasteiger partial charge in [-0.3, -0.25) is 0 Å². The summed E-state index contributed by atoms with van der Waals surface area (Å²) in [7, 11) is -2.41. The first-order chi connectivity index (χ1) is 41.9. The summed E-state index contributed by atoms with van der Waals surface area (Å²) in [6, 6.07) is 106. The first kappa shape index (κ1) is 48.9. The lowest BCUT2D eigenvalue weighted by Gasteiger charge is -2.36. The van der Waals surface area contributed by atoms with Gasteiger partial charge in [-0.25, -0.2) is 0 Å². The predicted octanol–water partition coefficient (Wildman–Crippen LogP) is 21.7. The van der Waals surface area contributed by atoms with E-state index in [9.17, 15) is 0 Å². The Morgan fingerprint density at radius 2 is 0.694 bits per heavy atom. The van der Waals surface area contributed by atoms with Crippen molar-refractivity contribution in [3.8, 4) is 44.5 Å². The number of rotatable bonds is 9. The summed E-state index contributed by atoms with van der Waals surface area (Å²) in [5.41, 5.74) is 19.3. The average molecular weight is 1100 g/mol. The molecule has 0 N–H and O–H groups in total. The van der Waals surface area contributed by atoms with Gasteiger partial charge in [0.25, 0.3) is 0 Å². The van der Waals surface area contributed by atoms with E-state index in [1.54, 1.807) is 0 Å². The molecule has 3 heterocycles. The molecule has 2 aromatic heterocycles. The van der Waals surface area contributed by atoms with Crippen molar-refractivity contribution in [1.82, 2.24) is 0 Å². The molecule has 0 spiro atoms. The van der Waals surface area contributed by atoms with Gasteiger partial charge in [-0.15, -0.1) is 0 Å². The summed E-state index contributed by atoms with van der Waals surface area (Å²) >= 11 is 0. The van der Waals surface area contributed by atoms with E-state index in [1.807, 2.05) is 6.07 Å². The monoisotopic (exact) mass is 1100 g/mol. The molecule has 400 valence electrons. The molecule has 0 unspecified atom stereocenters. The molecule has 0 fully saturated rings. The van der Waals surface area contributed by atoms with Gasteiger partial charge in [0, 0.05) is 44.0 Å². The van der Waals surface area contributed by atoms with Gasteiger partial charge < -0.3 is 18.6 Å². The molecular formula is C80H54N2O2Si. The first-order valence-corrected chi connectivity index (χ1v) is 32.3. The molecule has 4 nitrogen and oxygen atoms in total. The maximum Gasteiger partial charge on any atom is 0.159 e. The van der Waals surface area contributed by atoms with Crippen molar-refractivity contribution in [2.24, 2.45) is 0 Å². The Bertz CT molecular complexity index is 5350. The Balaban J connectivity index is 0.831. The van der Waals surface area contributed by atoms with Crippen LogP contribution in [0, 0.1) is 0 Å². The van der Waals surface area contributed by atoms with Crippen LogP contribution >= 0.6 is 0 Å². The highest BCUT2D eigenvalue weighted by Gasteiger charge is 2.37. The van der Waals surface area contributed by atoms with Crippen molar-refractivity contribution < 1.29 is 8.83 Å². The molecule has 1 aliphatic rings. The van der Waals surface area contributed by atoms with Gasteiger partial charge in [-0.05, 0) is 149 Å². The van der Waals surface area contributed by atoms with Crippen LogP contribution in [0.5, 0.6) is 0 Å². The van der Waals surface area contributed by atoms with Crippen molar-refractivity contribution in [1.29, 1.82) is 0 Å². The summed E-state index contributed by atoms with van der Waals surface area (Å²) in [5.74, 6) is 0. The number of fused-ring (bicyclic) bond motifs is 12. The quantitative estimate of drug-likeness (QED) is 0.107. The number of hydrogen-bond acceptors (Lipinski definition) is 4. The molecule has 0 saturated carbocycles. The second kappa shape index (κ2) is 19.2. The third-order valence-electron chi connectivity index (χ3n) is 18.0. The van der Waals surface area contributed by atoms with Crippen LogP contribution in [0.15, 0.2) is 300 Å². The third kappa shape index (κ3) is 7.60. The fraction of sp³-hybridized carbons (Fsp3) is 0.0250. The predicted molar refractivity (Wildman–Crippen MR) is 361 cm³/mol. The van der Waals surface area contributed by atoms with Gasteiger partial charge in [-0.2, -0.15) is 0 Å². The maximum atomic E-state index is 6.85. The number of nitrogens with zero attached hydrogens (tertiary/aromatic N) is 2. The summed E-state index contributed by atoms with van der Waals surface area (Å²) in [6.45, 7) is 5.09. The van der Waals surface area contributed by atoms with E-state index in [4.69, 9.17) is 8.83 Å². The minimum Gasteiger partial charge on any atom is -0.454 e. The smallest absolute Gasteiger partial charge is 0.159 e. The van der Waals surface area contributed by atoms with Gasteiger partial charge >= 0.3 is 0 Å². The van der Waals surface area contributed by atoms with Crippen LogP contribution in [-0.4, -0.2) is 8.07 Å². The second-order valence-electron chi connectivity index (χ2n) is 23.1. The first-order valence-electron chi connectivity index (χ1n) is 29.3. The molecule has 0 amide bonds. The van der Waals surface area contributed by atoms with E-state index in [1.165, 1.54) is 59.4 Å². The van der Waals surface area contributed by atoms with Crippen LogP contribution in [0.25, 0.3) is 121 Å². The van der Waals surface area contributed by atoms with Gasteiger partial charge in [0.2, 0.25) is 0 Å². The van der Waals surface area contributed by atoms with E-state index >= 15 is 0 Å². The molecule has 17 rings (SSSR count). The Kier molecular flexibility index (Phi) is 11.0. The molecule has 0 atom stereocenters. The normalized spacial score (nSPS) is 12.7. The van der Waals surface area contributed by atoms with Gasteiger partial charge in [0.05, 0.1) is 22.7 Å². The van der Waals surface area contributed by atoms with E-state index in [-0.39, 0.29) is 0 Å². The van der Waals surface area contributed by atoms with Crippen molar-refractivity contribution >= 4 is 129 Å². The maximum absolute atomic E-state index is 6.85. The highest BCUT2D eigenvalue weighted by Crippen LogP contribution is 2.50. The molecule has 14 aromatic carbocycles. The van der Waals surface area contributed by atoms with Crippen LogP contribution in [0.4, 0.5) is 34.1 Å². The topological polar surface area (TPSA) is 32.8 Å². The molecular weight excluding hydrogens is 1050 g/mol. The van der Waals surface area contributed by atoms with Crippen LogP contribution in [-0.2, 0) is 0 Å². The van der Waals surface area contributed by atoms with Crippen molar-refractivity contribution in [2.75, 3.05) is 9.80 Å². The third-order valence-corrected chi connectivity index (χ3v) is 21.6. The highest BCUT2D eigenvalue weighted by atomic mass is 28.3. The van der Waals surface area contributed by atoms with Gasteiger partial charge in [0.1, 0.15) is 19.2 Å². The lowest BCUT2D eigenvalue weighted by molar-refractivity contribution is 0.668. The van der Waals surface area contributed by atoms with Crippen LogP contribution in [0.2, 0.25) is 13.1 Å². The Morgan fingerprint density at radius 3 is 1.31 bits per heavy atom. The Hall–Kier alpha value is -10.7. The fourth-order valence-electron chi connectivity index (χ4n) is 14.1. The van der Waals surface area contributed by atoms with E-state index in [0.717, 1.165) is 106 Å². The SMILES string of the molecule is C[Si]1(C)c2cc(N(c3ccccc3-c3ccccc3)c3cccc4c3oc3ccccc34)ccc2-c2cc3c4ccccc4c(-c4ccc(N(c5ccccc5-c5ccccc5)c5cccc6c5oc5ccccc56)cc4)cc3c3cccc1c23. The molecule has 1 aliphatic heterocycles. The Labute approximate surface area is 493 Å². The molecule has 0 saturated heterocycles. The van der Waals surface area contributed by atoms with Crippen LogP contribution in [0.1, 0.15) is 0 Å². The zero-order chi connectivity index (χ0) is 56.3. The van der Waals surface area contributed by atoms with Gasteiger partial charge in [0.15, 0.2) is 11.2 Å². The van der Waals surface area contributed by atoms with Crippen LogP contribution < -0.4 is 20.2 Å². The summed E-state index contributed by atoms with van der Waals surface area (Å²) in [4.78, 5) is 4.82. The van der Waals surface area contributed by atoms with Crippen molar-refractivity contribution in [3.63, 3.8) is 0 Å². The molecule has 0 aliphatic carbocycles. The highest BCUT2D eigenvalue weighted by molar-refractivity contribution is 7.03. The van der Waals surface area contributed by atoms with Crippen molar-refractivity contribution in [2.45, 2.75) is 13.1 Å². The molecule has 0 radical (unpaired) electrons. The summed E-state index contributed by atoms with van der Waals surface area (Å²) in [5, 5.41) is 14.9. The molecule has 16 aromatic rings. The fourth-order valence-corrected chi connectivity index (χ4v) is 17.2. The Morgan fingerprint density at radius 1 is 0.259 bits per heavy atom. The average Bonchev–Trinajstić information content (AvgIpc) is 1.53. The van der Waals surface area contributed by atoms with Gasteiger partial charge in [-0.1, -0.05) is 231 Å². The number of furan rings is 2. The minimum absolute atomic E-state index is 0.854. The number of para-hydroxylation sites is 6. The zero-order valence-electron chi connectivity index (χ0n) is 46.9. The molecule has 85 heavy (non-hydrogen) atoms. The summed E-state index contributed by atoms with van der Waals surface area (Å²) < 4.78 is 13.6. The van der Waals surface area contributed by atoms with Crippen LogP contribution in [0.3, 0.4) is 0 Å². The number of anilines is 6. The van der Waals surface area contributed by atoms with Crippen molar-refractivity contribution in [3.05, 3.63) is 291 Å². The lowest BCUT2D eigenvalue weighted by atomic mass is 9.87. The van der Waals surface area contributed by atoms with E-state index < -0.39 is 8.07 Å².